The van der Waals surface area contributed by atoms with Crippen molar-refractivity contribution in [3.05, 3.63) is 0 Å². The molecule has 2 amide bonds. The Bertz CT molecular complexity index is 394. The number of aliphatic hydroxyl groups excluding tert-OH is 1. The summed E-state index contributed by atoms with van der Waals surface area (Å²) in [6, 6.07) is -0.124. The Morgan fingerprint density at radius 1 is 1.09 bits per heavy atom. The van der Waals surface area contributed by atoms with Gasteiger partial charge in [0.05, 0.1) is 6.10 Å². The SMILES string of the molecule is CC(CC(=O)NCC1CCCC(O)C1)NC(=O)C1CCCCC1. The first-order valence-corrected chi connectivity index (χ1v) is 9.29. The van der Waals surface area contributed by atoms with Crippen LogP contribution in [0.2, 0.25) is 0 Å². The quantitative estimate of drug-likeness (QED) is 0.700. The number of amides is 2. The Labute approximate surface area is 139 Å². The lowest BCUT2D eigenvalue weighted by molar-refractivity contribution is -0.127. The van der Waals surface area contributed by atoms with Crippen molar-refractivity contribution in [3.63, 3.8) is 0 Å². The third-order valence-electron chi connectivity index (χ3n) is 5.20. The van der Waals surface area contributed by atoms with Crippen LogP contribution in [0.25, 0.3) is 0 Å². The summed E-state index contributed by atoms with van der Waals surface area (Å²) < 4.78 is 0. The fourth-order valence-corrected chi connectivity index (χ4v) is 3.83. The molecule has 3 atom stereocenters. The summed E-state index contributed by atoms with van der Waals surface area (Å²) in [6.45, 7) is 2.53. The highest BCUT2D eigenvalue weighted by Crippen LogP contribution is 2.24. The molecule has 3 unspecified atom stereocenters. The molecule has 0 bridgehead atoms. The largest absolute Gasteiger partial charge is 0.393 e. The van der Waals surface area contributed by atoms with E-state index in [0.717, 1.165) is 51.4 Å². The van der Waals surface area contributed by atoms with Crippen molar-refractivity contribution in [2.24, 2.45) is 11.8 Å². The molecule has 0 aromatic heterocycles. The van der Waals surface area contributed by atoms with Crippen molar-refractivity contribution < 1.29 is 14.7 Å². The minimum absolute atomic E-state index is 0.0125. The minimum Gasteiger partial charge on any atom is -0.393 e. The van der Waals surface area contributed by atoms with E-state index in [0.29, 0.717) is 18.9 Å². The number of hydrogen-bond donors (Lipinski definition) is 3. The van der Waals surface area contributed by atoms with Gasteiger partial charge in [-0.25, -0.2) is 0 Å². The van der Waals surface area contributed by atoms with E-state index in [1.165, 1.54) is 6.42 Å². The van der Waals surface area contributed by atoms with Crippen molar-refractivity contribution in [3.8, 4) is 0 Å². The average Bonchev–Trinajstić information content (AvgIpc) is 2.53. The summed E-state index contributed by atoms with van der Waals surface area (Å²) in [7, 11) is 0. The molecule has 2 rings (SSSR count). The second kappa shape index (κ2) is 9.26. The second-order valence-corrected chi connectivity index (χ2v) is 7.44. The summed E-state index contributed by atoms with van der Waals surface area (Å²) in [5.41, 5.74) is 0. The molecule has 0 radical (unpaired) electrons. The van der Waals surface area contributed by atoms with Gasteiger partial charge >= 0.3 is 0 Å². The summed E-state index contributed by atoms with van der Waals surface area (Å²) in [5.74, 6) is 0.620. The lowest BCUT2D eigenvalue weighted by Crippen LogP contribution is -2.41. The Morgan fingerprint density at radius 2 is 1.83 bits per heavy atom. The van der Waals surface area contributed by atoms with Crippen LogP contribution in [0.5, 0.6) is 0 Å². The summed E-state index contributed by atoms with van der Waals surface area (Å²) in [6.07, 6.45) is 9.37. The standard InChI is InChI=1S/C18H32N2O3/c1-13(20-18(23)15-7-3-2-4-8-15)10-17(22)19-12-14-6-5-9-16(21)11-14/h13-16,21H,2-12H2,1H3,(H,19,22)(H,20,23). The molecule has 0 spiro atoms. The Balaban J connectivity index is 1.62. The minimum atomic E-state index is -0.209. The van der Waals surface area contributed by atoms with Crippen molar-refractivity contribution in [2.75, 3.05) is 6.54 Å². The molecule has 0 aliphatic heterocycles. The third-order valence-corrected chi connectivity index (χ3v) is 5.20. The van der Waals surface area contributed by atoms with E-state index >= 15 is 0 Å². The molecule has 2 saturated carbocycles. The lowest BCUT2D eigenvalue weighted by atomic mass is 9.87. The normalized spacial score (nSPS) is 27.2. The van der Waals surface area contributed by atoms with E-state index < -0.39 is 0 Å². The fourth-order valence-electron chi connectivity index (χ4n) is 3.83. The third kappa shape index (κ3) is 6.50. The average molecular weight is 324 g/mol. The Kier molecular flexibility index (Phi) is 7.34. The molecule has 23 heavy (non-hydrogen) atoms. The van der Waals surface area contributed by atoms with Crippen LogP contribution in [-0.2, 0) is 9.59 Å². The smallest absolute Gasteiger partial charge is 0.223 e. The van der Waals surface area contributed by atoms with Gasteiger partial charge in [0.2, 0.25) is 11.8 Å². The highest BCUT2D eigenvalue weighted by Gasteiger charge is 2.23. The number of nitrogens with one attached hydrogen (secondary N) is 2. The maximum atomic E-state index is 12.2. The van der Waals surface area contributed by atoms with Crippen LogP contribution in [0, 0.1) is 11.8 Å². The molecule has 132 valence electrons. The molecule has 5 heteroatoms. The predicted octanol–water partition coefficient (Wildman–Crippen LogP) is 2.13. The maximum absolute atomic E-state index is 12.2. The van der Waals surface area contributed by atoms with Crippen molar-refractivity contribution in [1.82, 2.24) is 10.6 Å². The summed E-state index contributed by atoms with van der Waals surface area (Å²) in [4.78, 5) is 24.2. The molecule has 0 heterocycles. The van der Waals surface area contributed by atoms with Gasteiger partial charge in [0.1, 0.15) is 0 Å². The topological polar surface area (TPSA) is 78.4 Å². The molecule has 5 nitrogen and oxygen atoms in total. The van der Waals surface area contributed by atoms with Gasteiger partial charge < -0.3 is 15.7 Å². The first-order chi connectivity index (χ1) is 11.0. The van der Waals surface area contributed by atoms with Gasteiger partial charge in [0, 0.05) is 24.9 Å². The van der Waals surface area contributed by atoms with Gasteiger partial charge in [-0.15, -0.1) is 0 Å². The highest BCUT2D eigenvalue weighted by atomic mass is 16.3. The van der Waals surface area contributed by atoms with Gasteiger partial charge in [0.15, 0.2) is 0 Å². The Hall–Kier alpha value is -1.10. The van der Waals surface area contributed by atoms with Crippen LogP contribution in [0.15, 0.2) is 0 Å². The Morgan fingerprint density at radius 3 is 2.52 bits per heavy atom. The number of carbonyl (C=O) groups is 2. The molecule has 2 fully saturated rings. The van der Waals surface area contributed by atoms with Gasteiger partial charge in [-0.3, -0.25) is 9.59 Å². The summed E-state index contributed by atoms with van der Waals surface area (Å²) in [5, 5.41) is 15.6. The van der Waals surface area contributed by atoms with Crippen molar-refractivity contribution in [1.29, 1.82) is 0 Å². The lowest BCUT2D eigenvalue weighted by Gasteiger charge is -2.26. The number of rotatable bonds is 6. The molecule has 0 saturated heterocycles. The summed E-state index contributed by atoms with van der Waals surface area (Å²) >= 11 is 0. The number of carbonyl (C=O) groups excluding carboxylic acids is 2. The molecule has 0 aromatic rings. The first-order valence-electron chi connectivity index (χ1n) is 9.29. The molecule has 0 aromatic carbocycles. The maximum Gasteiger partial charge on any atom is 0.223 e. The molecule has 2 aliphatic rings. The highest BCUT2D eigenvalue weighted by molar-refractivity contribution is 5.81. The van der Waals surface area contributed by atoms with Gasteiger partial charge in [-0.05, 0) is 44.9 Å². The number of hydrogen-bond acceptors (Lipinski definition) is 3. The van der Waals surface area contributed by atoms with Crippen LogP contribution in [0.4, 0.5) is 0 Å². The van der Waals surface area contributed by atoms with E-state index in [9.17, 15) is 14.7 Å². The van der Waals surface area contributed by atoms with E-state index in [1.807, 2.05) is 6.92 Å². The molecular formula is C18H32N2O3. The van der Waals surface area contributed by atoms with Gasteiger partial charge in [-0.2, -0.15) is 0 Å². The molecular weight excluding hydrogens is 292 g/mol. The van der Waals surface area contributed by atoms with E-state index in [2.05, 4.69) is 10.6 Å². The van der Waals surface area contributed by atoms with E-state index in [4.69, 9.17) is 0 Å². The van der Waals surface area contributed by atoms with Crippen LogP contribution >= 0.6 is 0 Å². The van der Waals surface area contributed by atoms with Crippen LogP contribution in [0.1, 0.15) is 71.1 Å². The van der Waals surface area contributed by atoms with Crippen LogP contribution < -0.4 is 10.6 Å². The monoisotopic (exact) mass is 324 g/mol. The zero-order chi connectivity index (χ0) is 16.7. The van der Waals surface area contributed by atoms with E-state index in [1.54, 1.807) is 0 Å². The van der Waals surface area contributed by atoms with Crippen molar-refractivity contribution in [2.45, 2.75) is 83.3 Å². The van der Waals surface area contributed by atoms with E-state index in [-0.39, 0.29) is 29.9 Å². The van der Waals surface area contributed by atoms with Crippen molar-refractivity contribution >= 4 is 11.8 Å². The zero-order valence-corrected chi connectivity index (χ0v) is 14.4. The fraction of sp³-hybridized carbons (Fsp3) is 0.889. The molecule has 2 aliphatic carbocycles. The molecule has 3 N–H and O–H groups in total. The zero-order valence-electron chi connectivity index (χ0n) is 14.4. The predicted molar refractivity (Wildman–Crippen MR) is 89.8 cm³/mol. The second-order valence-electron chi connectivity index (χ2n) is 7.44. The van der Waals surface area contributed by atoms with Gasteiger partial charge in [-0.1, -0.05) is 25.7 Å². The van der Waals surface area contributed by atoms with Gasteiger partial charge in [0.25, 0.3) is 0 Å². The van der Waals surface area contributed by atoms with Crippen LogP contribution in [-0.4, -0.2) is 35.6 Å². The van der Waals surface area contributed by atoms with Crippen LogP contribution in [0.3, 0.4) is 0 Å². The first kappa shape index (κ1) is 18.2. The number of aliphatic hydroxyl groups is 1.